The molecule has 0 radical (unpaired) electrons. The summed E-state index contributed by atoms with van der Waals surface area (Å²) in [5.74, 6) is 1.75. The fourth-order valence-corrected chi connectivity index (χ4v) is 3.54. The van der Waals surface area contributed by atoms with E-state index in [2.05, 4.69) is 11.9 Å². The van der Waals surface area contributed by atoms with Crippen LogP contribution in [0, 0.1) is 0 Å². The third-order valence-corrected chi connectivity index (χ3v) is 4.53. The first kappa shape index (κ1) is 13.5. The van der Waals surface area contributed by atoms with Gasteiger partial charge >= 0.3 is 5.69 Å². The molecule has 5 heteroatoms. The lowest BCUT2D eigenvalue weighted by Crippen LogP contribution is -2.30. The highest BCUT2D eigenvalue weighted by atomic mass is 32.2. The first-order valence-corrected chi connectivity index (χ1v) is 8.06. The number of aromatic nitrogens is 2. The highest BCUT2D eigenvalue weighted by Crippen LogP contribution is 2.28. The molecular weight excluding hydrogens is 272 g/mol. The summed E-state index contributed by atoms with van der Waals surface area (Å²) < 4.78 is 7.15. The molecule has 2 aromatic heterocycles. The van der Waals surface area contributed by atoms with E-state index in [-0.39, 0.29) is 5.69 Å². The van der Waals surface area contributed by atoms with E-state index in [1.807, 2.05) is 12.1 Å². The average Bonchev–Trinajstić information content (AvgIpc) is 2.96. The molecule has 0 spiro atoms. The van der Waals surface area contributed by atoms with Crippen LogP contribution in [0.2, 0.25) is 0 Å². The van der Waals surface area contributed by atoms with Crippen LogP contribution >= 0.6 is 11.8 Å². The van der Waals surface area contributed by atoms with E-state index >= 15 is 0 Å². The maximum Gasteiger partial charge on any atom is 0.349 e. The molecule has 0 fully saturated rings. The Morgan fingerprint density at radius 1 is 1.40 bits per heavy atom. The second kappa shape index (κ2) is 5.87. The summed E-state index contributed by atoms with van der Waals surface area (Å²) in [7, 11) is 0. The number of thioether (sulfide) groups is 1. The van der Waals surface area contributed by atoms with Gasteiger partial charge in [0.25, 0.3) is 0 Å². The van der Waals surface area contributed by atoms with Crippen LogP contribution in [0.5, 0.6) is 0 Å². The summed E-state index contributed by atoms with van der Waals surface area (Å²) in [4.78, 5) is 16.6. The maximum absolute atomic E-state index is 12.3. The van der Waals surface area contributed by atoms with E-state index in [0.717, 1.165) is 41.5 Å². The molecule has 0 atom stereocenters. The predicted octanol–water partition coefficient (Wildman–Crippen LogP) is 2.88. The first-order valence-electron chi connectivity index (χ1n) is 7.07. The number of rotatable bonds is 4. The minimum Gasteiger partial charge on any atom is -0.467 e. The molecule has 0 unspecified atom stereocenters. The molecule has 0 aromatic carbocycles. The van der Waals surface area contributed by atoms with Gasteiger partial charge in [-0.25, -0.2) is 4.79 Å². The van der Waals surface area contributed by atoms with Crippen molar-refractivity contribution in [1.29, 1.82) is 0 Å². The molecule has 4 nitrogen and oxygen atoms in total. The molecule has 2 aromatic rings. The lowest BCUT2D eigenvalue weighted by Gasteiger charge is -2.22. The van der Waals surface area contributed by atoms with Gasteiger partial charge in [-0.05, 0) is 43.6 Å². The fourth-order valence-electron chi connectivity index (χ4n) is 2.73. The van der Waals surface area contributed by atoms with Crippen LogP contribution in [0.4, 0.5) is 0 Å². The Bertz CT molecular complexity index is 647. The molecule has 0 N–H and O–H groups in total. The van der Waals surface area contributed by atoms with Gasteiger partial charge in [-0.1, -0.05) is 6.92 Å². The summed E-state index contributed by atoms with van der Waals surface area (Å²) in [6, 6.07) is 3.75. The number of hydrogen-bond acceptors (Lipinski definition) is 4. The Balaban J connectivity index is 2.07. The molecule has 1 aliphatic carbocycles. The fraction of sp³-hybridized carbons (Fsp3) is 0.467. The molecule has 1 aliphatic rings. The number of fused-ring (bicyclic) bond motifs is 1. The van der Waals surface area contributed by atoms with Gasteiger partial charge in [0.1, 0.15) is 10.8 Å². The largest absolute Gasteiger partial charge is 0.467 e. The van der Waals surface area contributed by atoms with Gasteiger partial charge in [0, 0.05) is 11.3 Å². The van der Waals surface area contributed by atoms with Crippen molar-refractivity contribution in [2.24, 2.45) is 0 Å². The summed E-state index contributed by atoms with van der Waals surface area (Å²) in [5.41, 5.74) is 2.27. The Labute approximate surface area is 122 Å². The number of furan rings is 1. The monoisotopic (exact) mass is 290 g/mol. The van der Waals surface area contributed by atoms with Crippen LogP contribution < -0.4 is 5.69 Å². The van der Waals surface area contributed by atoms with E-state index in [1.165, 1.54) is 12.0 Å². The van der Waals surface area contributed by atoms with Crippen LogP contribution in [0.1, 0.15) is 36.8 Å². The van der Waals surface area contributed by atoms with Crippen LogP contribution in [-0.4, -0.2) is 15.3 Å². The summed E-state index contributed by atoms with van der Waals surface area (Å²) >= 11 is 1.67. The van der Waals surface area contributed by atoms with E-state index in [1.54, 1.807) is 22.6 Å². The van der Waals surface area contributed by atoms with Crippen molar-refractivity contribution in [3.63, 3.8) is 0 Å². The van der Waals surface area contributed by atoms with Crippen molar-refractivity contribution in [3.05, 3.63) is 45.9 Å². The maximum atomic E-state index is 12.3. The standard InChI is InChI=1S/C15H18N2O2S/c1-2-20-14-12-7-3-4-8-13(12)17(15(18)16-14)10-11-6-5-9-19-11/h5-6,9H,2-4,7-8,10H2,1H3. The molecule has 0 aliphatic heterocycles. The molecule has 3 rings (SSSR count). The summed E-state index contributed by atoms with van der Waals surface area (Å²) in [6.45, 7) is 2.58. The molecule has 2 heterocycles. The van der Waals surface area contributed by atoms with E-state index in [0.29, 0.717) is 6.54 Å². The van der Waals surface area contributed by atoms with Crippen molar-refractivity contribution in [1.82, 2.24) is 9.55 Å². The lowest BCUT2D eigenvalue weighted by atomic mass is 9.97. The average molecular weight is 290 g/mol. The predicted molar refractivity (Wildman–Crippen MR) is 79.3 cm³/mol. The topological polar surface area (TPSA) is 48.0 Å². The zero-order valence-corrected chi connectivity index (χ0v) is 12.4. The van der Waals surface area contributed by atoms with Gasteiger partial charge in [0.05, 0.1) is 12.8 Å². The van der Waals surface area contributed by atoms with Crippen molar-refractivity contribution in [2.45, 2.75) is 44.2 Å². The van der Waals surface area contributed by atoms with Gasteiger partial charge < -0.3 is 4.42 Å². The summed E-state index contributed by atoms with van der Waals surface area (Å²) in [6.07, 6.45) is 5.96. The van der Waals surface area contributed by atoms with Gasteiger partial charge in [-0.3, -0.25) is 4.57 Å². The van der Waals surface area contributed by atoms with Crippen LogP contribution in [0.15, 0.2) is 32.6 Å². The zero-order chi connectivity index (χ0) is 13.9. The highest BCUT2D eigenvalue weighted by molar-refractivity contribution is 7.99. The Morgan fingerprint density at radius 3 is 3.00 bits per heavy atom. The smallest absolute Gasteiger partial charge is 0.349 e. The van der Waals surface area contributed by atoms with Gasteiger partial charge in [0.15, 0.2) is 0 Å². The molecule has 0 amide bonds. The van der Waals surface area contributed by atoms with Gasteiger partial charge in [-0.15, -0.1) is 11.8 Å². The van der Waals surface area contributed by atoms with E-state index in [9.17, 15) is 4.79 Å². The molecule has 0 saturated heterocycles. The second-order valence-electron chi connectivity index (χ2n) is 4.93. The SMILES string of the molecule is CCSc1nc(=O)n(Cc2ccco2)c2c1CCCC2. The van der Waals surface area contributed by atoms with Crippen molar-refractivity contribution >= 4 is 11.8 Å². The molecular formula is C15H18N2O2S. The van der Waals surface area contributed by atoms with Crippen LogP contribution in [0.25, 0.3) is 0 Å². The molecule has 106 valence electrons. The van der Waals surface area contributed by atoms with Crippen molar-refractivity contribution < 1.29 is 4.42 Å². The number of nitrogens with zero attached hydrogens (tertiary/aromatic N) is 2. The summed E-state index contributed by atoms with van der Waals surface area (Å²) in [5, 5.41) is 0.933. The van der Waals surface area contributed by atoms with Crippen LogP contribution in [-0.2, 0) is 19.4 Å². The van der Waals surface area contributed by atoms with Gasteiger partial charge in [0.2, 0.25) is 0 Å². The third kappa shape index (κ3) is 2.54. The van der Waals surface area contributed by atoms with Crippen LogP contribution in [0.3, 0.4) is 0 Å². The van der Waals surface area contributed by atoms with Gasteiger partial charge in [-0.2, -0.15) is 4.98 Å². The third-order valence-electron chi connectivity index (χ3n) is 3.63. The highest BCUT2D eigenvalue weighted by Gasteiger charge is 2.20. The van der Waals surface area contributed by atoms with Crippen molar-refractivity contribution in [3.8, 4) is 0 Å². The molecule has 0 saturated carbocycles. The lowest BCUT2D eigenvalue weighted by molar-refractivity contribution is 0.471. The number of hydrogen-bond donors (Lipinski definition) is 0. The first-order chi connectivity index (χ1) is 9.79. The Morgan fingerprint density at radius 2 is 2.25 bits per heavy atom. The minimum atomic E-state index is -0.155. The molecule has 0 bridgehead atoms. The van der Waals surface area contributed by atoms with E-state index in [4.69, 9.17) is 4.42 Å². The zero-order valence-electron chi connectivity index (χ0n) is 11.6. The quantitative estimate of drug-likeness (QED) is 0.641. The molecule has 20 heavy (non-hydrogen) atoms. The normalized spacial score (nSPS) is 14.2. The Kier molecular flexibility index (Phi) is 3.96. The second-order valence-corrected chi connectivity index (χ2v) is 6.18. The minimum absolute atomic E-state index is 0.155. The Hall–Kier alpha value is -1.49. The van der Waals surface area contributed by atoms with E-state index < -0.39 is 0 Å². The van der Waals surface area contributed by atoms with Crippen molar-refractivity contribution in [2.75, 3.05) is 5.75 Å².